The van der Waals surface area contributed by atoms with Crippen LogP contribution in [0, 0.1) is 6.92 Å². The maximum absolute atomic E-state index is 13.6. The van der Waals surface area contributed by atoms with Gasteiger partial charge in [0.15, 0.2) is 0 Å². The highest BCUT2D eigenvalue weighted by atomic mass is 35.5. The van der Waals surface area contributed by atoms with Gasteiger partial charge in [-0.05, 0) is 25.0 Å². The van der Waals surface area contributed by atoms with Crippen molar-refractivity contribution in [2.45, 2.75) is 31.3 Å². The lowest BCUT2D eigenvalue weighted by atomic mass is 10.1. The molecule has 0 aliphatic heterocycles. The SMILES string of the molecule is Cc1nn(C)c(Cl)c1S(=O)(=O)N(Cc1ccccc1)C(C)c1ccccc1. The molecule has 0 radical (unpaired) electrons. The zero-order valence-corrected chi connectivity index (χ0v) is 17.1. The number of nitrogens with zero attached hydrogens (tertiary/aromatic N) is 3. The van der Waals surface area contributed by atoms with Crippen LogP contribution in [-0.4, -0.2) is 22.5 Å². The molecule has 1 unspecified atom stereocenters. The molecule has 3 rings (SSSR count). The van der Waals surface area contributed by atoms with Gasteiger partial charge in [-0.15, -0.1) is 0 Å². The van der Waals surface area contributed by atoms with Gasteiger partial charge in [-0.3, -0.25) is 4.68 Å². The first-order valence-electron chi connectivity index (χ1n) is 8.62. The van der Waals surface area contributed by atoms with Gasteiger partial charge in [-0.1, -0.05) is 72.3 Å². The minimum Gasteiger partial charge on any atom is -0.255 e. The number of benzene rings is 2. The molecular formula is C20H22ClN3O2S. The molecule has 0 fully saturated rings. The molecule has 1 heterocycles. The summed E-state index contributed by atoms with van der Waals surface area (Å²) in [7, 11) is -2.23. The van der Waals surface area contributed by atoms with Gasteiger partial charge in [0.25, 0.3) is 0 Å². The summed E-state index contributed by atoms with van der Waals surface area (Å²) in [4.78, 5) is 0.0605. The van der Waals surface area contributed by atoms with E-state index in [4.69, 9.17) is 11.6 Å². The van der Waals surface area contributed by atoms with Gasteiger partial charge in [0.05, 0.1) is 5.69 Å². The van der Waals surface area contributed by atoms with E-state index in [1.807, 2.05) is 67.6 Å². The number of halogens is 1. The third-order valence-electron chi connectivity index (χ3n) is 4.56. The zero-order valence-electron chi connectivity index (χ0n) is 15.5. The van der Waals surface area contributed by atoms with Gasteiger partial charge in [0, 0.05) is 19.6 Å². The van der Waals surface area contributed by atoms with E-state index < -0.39 is 10.0 Å². The molecule has 0 amide bonds. The van der Waals surface area contributed by atoms with Gasteiger partial charge in [0.2, 0.25) is 10.0 Å². The summed E-state index contributed by atoms with van der Waals surface area (Å²) in [5.41, 5.74) is 2.21. The van der Waals surface area contributed by atoms with E-state index in [-0.39, 0.29) is 22.6 Å². The number of aromatic nitrogens is 2. The molecule has 142 valence electrons. The Kier molecular flexibility index (Phi) is 5.69. The maximum Gasteiger partial charge on any atom is 0.248 e. The summed E-state index contributed by atoms with van der Waals surface area (Å²) in [6.45, 7) is 3.78. The first-order valence-corrected chi connectivity index (χ1v) is 10.4. The van der Waals surface area contributed by atoms with Crippen molar-refractivity contribution in [3.05, 3.63) is 82.6 Å². The van der Waals surface area contributed by atoms with E-state index in [0.717, 1.165) is 11.1 Å². The average molecular weight is 404 g/mol. The van der Waals surface area contributed by atoms with Crippen LogP contribution in [0.4, 0.5) is 0 Å². The van der Waals surface area contributed by atoms with E-state index in [9.17, 15) is 8.42 Å². The molecule has 0 bridgehead atoms. The molecule has 0 saturated heterocycles. The topological polar surface area (TPSA) is 55.2 Å². The Balaban J connectivity index is 2.11. The molecule has 1 aromatic heterocycles. The zero-order chi connectivity index (χ0) is 19.6. The van der Waals surface area contributed by atoms with Crippen molar-refractivity contribution in [1.82, 2.24) is 14.1 Å². The maximum atomic E-state index is 13.6. The third-order valence-corrected chi connectivity index (χ3v) is 7.18. The highest BCUT2D eigenvalue weighted by Crippen LogP contribution is 2.34. The number of sulfonamides is 1. The van der Waals surface area contributed by atoms with Crippen molar-refractivity contribution >= 4 is 21.6 Å². The first-order chi connectivity index (χ1) is 12.8. The lowest BCUT2D eigenvalue weighted by Gasteiger charge is -2.29. The standard InChI is InChI=1S/C20H22ClN3O2S/c1-15-19(20(21)23(3)22-15)27(25,26)24(14-17-10-6-4-7-11-17)16(2)18-12-8-5-9-13-18/h4-13,16H,14H2,1-3H3. The Labute approximate surface area is 165 Å². The van der Waals surface area contributed by atoms with Crippen molar-refractivity contribution < 1.29 is 8.42 Å². The Hall–Kier alpha value is -2.15. The number of rotatable bonds is 6. The summed E-state index contributed by atoms with van der Waals surface area (Å²) < 4.78 is 30.1. The van der Waals surface area contributed by atoms with E-state index >= 15 is 0 Å². The Bertz CT molecular complexity index is 1020. The van der Waals surface area contributed by atoms with Gasteiger partial charge >= 0.3 is 0 Å². The van der Waals surface area contributed by atoms with Crippen LogP contribution < -0.4 is 0 Å². The lowest BCUT2D eigenvalue weighted by Crippen LogP contribution is -2.33. The lowest BCUT2D eigenvalue weighted by molar-refractivity contribution is 0.336. The summed E-state index contributed by atoms with van der Waals surface area (Å²) in [5.74, 6) is 0. The van der Waals surface area contributed by atoms with E-state index in [0.29, 0.717) is 5.69 Å². The number of hydrogen-bond donors (Lipinski definition) is 0. The minimum atomic E-state index is -3.87. The quantitative estimate of drug-likeness (QED) is 0.615. The van der Waals surface area contributed by atoms with Crippen LogP contribution in [0.5, 0.6) is 0 Å². The predicted octanol–water partition coefficient (Wildman–Crippen LogP) is 4.33. The average Bonchev–Trinajstić information content (AvgIpc) is 2.93. The summed E-state index contributed by atoms with van der Waals surface area (Å²) in [6, 6.07) is 18.7. The fraction of sp³-hybridized carbons (Fsp3) is 0.250. The van der Waals surface area contributed by atoms with E-state index in [2.05, 4.69) is 5.10 Å². The predicted molar refractivity (Wildman–Crippen MR) is 107 cm³/mol. The van der Waals surface area contributed by atoms with Gasteiger partial charge in [-0.2, -0.15) is 9.40 Å². The van der Waals surface area contributed by atoms with Crippen molar-refractivity contribution in [2.75, 3.05) is 0 Å². The van der Waals surface area contributed by atoms with E-state index in [1.54, 1.807) is 14.0 Å². The third kappa shape index (κ3) is 3.93. The van der Waals surface area contributed by atoms with Gasteiger partial charge in [0.1, 0.15) is 10.0 Å². The molecule has 1 atom stereocenters. The molecule has 27 heavy (non-hydrogen) atoms. The van der Waals surface area contributed by atoms with Crippen LogP contribution in [0.2, 0.25) is 5.15 Å². The molecular weight excluding hydrogens is 382 g/mol. The number of aryl methyl sites for hydroxylation is 2. The molecule has 0 N–H and O–H groups in total. The van der Waals surface area contributed by atoms with E-state index in [1.165, 1.54) is 8.99 Å². The highest BCUT2D eigenvalue weighted by Gasteiger charge is 2.35. The van der Waals surface area contributed by atoms with Crippen LogP contribution in [0.15, 0.2) is 65.6 Å². The summed E-state index contributed by atoms with van der Waals surface area (Å²) >= 11 is 6.29. The molecule has 2 aromatic carbocycles. The molecule has 5 nitrogen and oxygen atoms in total. The number of hydrogen-bond acceptors (Lipinski definition) is 3. The fourth-order valence-electron chi connectivity index (χ4n) is 3.11. The van der Waals surface area contributed by atoms with Crippen LogP contribution >= 0.6 is 11.6 Å². The van der Waals surface area contributed by atoms with Crippen LogP contribution in [0.1, 0.15) is 29.8 Å². The normalized spacial score (nSPS) is 13.1. The van der Waals surface area contributed by atoms with Gasteiger partial charge in [-0.25, -0.2) is 8.42 Å². The highest BCUT2D eigenvalue weighted by molar-refractivity contribution is 7.89. The smallest absolute Gasteiger partial charge is 0.248 e. The first kappa shape index (κ1) is 19.6. The largest absolute Gasteiger partial charge is 0.255 e. The van der Waals surface area contributed by atoms with Crippen molar-refractivity contribution in [3.8, 4) is 0 Å². The van der Waals surface area contributed by atoms with Gasteiger partial charge < -0.3 is 0 Å². The molecule has 0 aliphatic carbocycles. The summed E-state index contributed by atoms with van der Waals surface area (Å²) in [5, 5.41) is 4.29. The second-order valence-electron chi connectivity index (χ2n) is 6.45. The van der Waals surface area contributed by atoms with Crippen molar-refractivity contribution in [3.63, 3.8) is 0 Å². The van der Waals surface area contributed by atoms with Crippen molar-refractivity contribution in [1.29, 1.82) is 0 Å². The van der Waals surface area contributed by atoms with Crippen LogP contribution in [0.25, 0.3) is 0 Å². The second kappa shape index (κ2) is 7.84. The molecule has 3 aromatic rings. The minimum absolute atomic E-state index is 0.0605. The van der Waals surface area contributed by atoms with Crippen LogP contribution in [0.3, 0.4) is 0 Å². The Morgan fingerprint density at radius 3 is 2.15 bits per heavy atom. The Morgan fingerprint density at radius 1 is 1.07 bits per heavy atom. The Morgan fingerprint density at radius 2 is 1.63 bits per heavy atom. The molecule has 7 heteroatoms. The van der Waals surface area contributed by atoms with Crippen molar-refractivity contribution in [2.24, 2.45) is 7.05 Å². The monoisotopic (exact) mass is 403 g/mol. The second-order valence-corrected chi connectivity index (χ2v) is 8.64. The molecule has 0 aliphatic rings. The fourth-order valence-corrected chi connectivity index (χ4v) is 5.43. The summed E-state index contributed by atoms with van der Waals surface area (Å²) in [6.07, 6.45) is 0. The molecule has 0 spiro atoms. The molecule has 0 saturated carbocycles. The van der Waals surface area contributed by atoms with Crippen LogP contribution in [-0.2, 0) is 23.6 Å².